The SMILES string of the molecule is Cc1c(CNCC(O)CC(C)C)cccc1[N+](=O)[O-]. The second-order valence-corrected chi connectivity index (χ2v) is 5.23. The van der Waals surface area contributed by atoms with Gasteiger partial charge in [0.05, 0.1) is 11.0 Å². The third-order valence-corrected chi connectivity index (χ3v) is 3.05. The van der Waals surface area contributed by atoms with Gasteiger partial charge in [-0.1, -0.05) is 26.0 Å². The second kappa shape index (κ2) is 7.21. The van der Waals surface area contributed by atoms with Crippen molar-refractivity contribution in [2.24, 2.45) is 5.92 Å². The van der Waals surface area contributed by atoms with Gasteiger partial charge in [-0.05, 0) is 24.8 Å². The number of aliphatic hydroxyl groups excluding tert-OH is 1. The van der Waals surface area contributed by atoms with Crippen LogP contribution in [0.5, 0.6) is 0 Å². The van der Waals surface area contributed by atoms with Crippen molar-refractivity contribution in [2.45, 2.75) is 39.8 Å². The van der Waals surface area contributed by atoms with Crippen molar-refractivity contribution >= 4 is 5.69 Å². The molecule has 5 nitrogen and oxygen atoms in total. The van der Waals surface area contributed by atoms with Gasteiger partial charge < -0.3 is 10.4 Å². The number of nitro groups is 1. The summed E-state index contributed by atoms with van der Waals surface area (Å²) in [5.74, 6) is 0.455. The summed E-state index contributed by atoms with van der Waals surface area (Å²) in [5, 5.41) is 23.7. The molecular formula is C14H22N2O3. The van der Waals surface area contributed by atoms with Crippen molar-refractivity contribution < 1.29 is 10.0 Å². The smallest absolute Gasteiger partial charge is 0.272 e. The van der Waals surface area contributed by atoms with Crippen LogP contribution in [0.4, 0.5) is 5.69 Å². The molecule has 0 heterocycles. The zero-order valence-corrected chi connectivity index (χ0v) is 11.7. The quantitative estimate of drug-likeness (QED) is 0.587. The normalized spacial score (nSPS) is 12.7. The Labute approximate surface area is 113 Å². The third kappa shape index (κ3) is 4.96. The molecule has 0 radical (unpaired) electrons. The Bertz CT molecular complexity index is 433. The maximum absolute atomic E-state index is 10.8. The summed E-state index contributed by atoms with van der Waals surface area (Å²) >= 11 is 0. The molecule has 1 aromatic rings. The average molecular weight is 266 g/mol. The average Bonchev–Trinajstić information content (AvgIpc) is 2.30. The first-order valence-electron chi connectivity index (χ1n) is 6.53. The van der Waals surface area contributed by atoms with Crippen LogP contribution in [0.3, 0.4) is 0 Å². The Morgan fingerprint density at radius 3 is 2.68 bits per heavy atom. The maximum Gasteiger partial charge on any atom is 0.272 e. The highest BCUT2D eigenvalue weighted by molar-refractivity contribution is 5.44. The molecule has 0 saturated heterocycles. The van der Waals surface area contributed by atoms with E-state index in [0.29, 0.717) is 24.6 Å². The Hall–Kier alpha value is -1.46. The number of nitrogens with zero attached hydrogens (tertiary/aromatic N) is 1. The number of nitrogens with one attached hydrogen (secondary N) is 1. The highest BCUT2D eigenvalue weighted by atomic mass is 16.6. The van der Waals surface area contributed by atoms with Gasteiger partial charge in [0, 0.05) is 24.7 Å². The van der Waals surface area contributed by atoms with E-state index in [4.69, 9.17) is 0 Å². The van der Waals surface area contributed by atoms with Crippen molar-refractivity contribution in [2.75, 3.05) is 6.54 Å². The molecule has 0 spiro atoms. The first kappa shape index (κ1) is 15.6. The standard InChI is InChI=1S/C14H22N2O3/c1-10(2)7-13(17)9-15-8-12-5-4-6-14(11(12)3)16(18)19/h4-6,10,13,15,17H,7-9H2,1-3H3. The van der Waals surface area contributed by atoms with Crippen LogP contribution in [0.1, 0.15) is 31.4 Å². The topological polar surface area (TPSA) is 75.4 Å². The van der Waals surface area contributed by atoms with Gasteiger partial charge in [0.2, 0.25) is 0 Å². The monoisotopic (exact) mass is 266 g/mol. The fourth-order valence-corrected chi connectivity index (χ4v) is 2.06. The zero-order valence-electron chi connectivity index (χ0n) is 11.7. The van der Waals surface area contributed by atoms with Crippen LogP contribution >= 0.6 is 0 Å². The van der Waals surface area contributed by atoms with E-state index in [1.807, 2.05) is 6.07 Å². The number of rotatable bonds is 7. The molecule has 106 valence electrons. The summed E-state index contributed by atoms with van der Waals surface area (Å²) in [6, 6.07) is 5.06. The fraction of sp³-hybridized carbons (Fsp3) is 0.571. The predicted molar refractivity (Wildman–Crippen MR) is 75.0 cm³/mol. The fourth-order valence-electron chi connectivity index (χ4n) is 2.06. The molecule has 0 aromatic heterocycles. The van der Waals surface area contributed by atoms with Crippen molar-refractivity contribution in [1.82, 2.24) is 5.32 Å². The van der Waals surface area contributed by atoms with Crippen LogP contribution < -0.4 is 5.32 Å². The van der Waals surface area contributed by atoms with Gasteiger partial charge in [-0.2, -0.15) is 0 Å². The highest BCUT2D eigenvalue weighted by Crippen LogP contribution is 2.20. The van der Waals surface area contributed by atoms with E-state index < -0.39 is 0 Å². The van der Waals surface area contributed by atoms with Crippen molar-refractivity contribution in [3.8, 4) is 0 Å². The van der Waals surface area contributed by atoms with Crippen LogP contribution in [-0.4, -0.2) is 22.7 Å². The van der Waals surface area contributed by atoms with Gasteiger partial charge >= 0.3 is 0 Å². The third-order valence-electron chi connectivity index (χ3n) is 3.05. The molecule has 1 aromatic carbocycles. The van der Waals surface area contributed by atoms with E-state index in [1.165, 1.54) is 6.07 Å². The lowest BCUT2D eigenvalue weighted by atomic mass is 10.1. The van der Waals surface area contributed by atoms with Crippen molar-refractivity contribution in [3.05, 3.63) is 39.4 Å². The molecule has 0 bridgehead atoms. The van der Waals surface area contributed by atoms with E-state index in [0.717, 1.165) is 12.0 Å². The number of hydrogen-bond donors (Lipinski definition) is 2. The number of nitro benzene ring substituents is 1. The predicted octanol–water partition coefficient (Wildman–Crippen LogP) is 2.40. The van der Waals surface area contributed by atoms with Crippen LogP contribution in [-0.2, 0) is 6.54 Å². The summed E-state index contributed by atoms with van der Waals surface area (Å²) in [5.41, 5.74) is 1.71. The number of aliphatic hydroxyl groups is 1. The summed E-state index contributed by atoms with van der Waals surface area (Å²) in [6.45, 7) is 6.91. The Morgan fingerprint density at radius 1 is 1.42 bits per heavy atom. The van der Waals surface area contributed by atoms with E-state index >= 15 is 0 Å². The first-order valence-corrected chi connectivity index (χ1v) is 6.53. The lowest BCUT2D eigenvalue weighted by Gasteiger charge is -2.14. The first-order chi connectivity index (χ1) is 8.91. The summed E-state index contributed by atoms with van der Waals surface area (Å²) in [7, 11) is 0. The molecule has 0 fully saturated rings. The van der Waals surface area contributed by atoms with Crippen LogP contribution in [0, 0.1) is 23.0 Å². The molecule has 0 aliphatic rings. The van der Waals surface area contributed by atoms with Crippen LogP contribution in [0.2, 0.25) is 0 Å². The van der Waals surface area contributed by atoms with E-state index in [1.54, 1.807) is 13.0 Å². The van der Waals surface area contributed by atoms with Gasteiger partial charge in [-0.3, -0.25) is 10.1 Å². The maximum atomic E-state index is 10.8. The summed E-state index contributed by atoms with van der Waals surface area (Å²) in [6.07, 6.45) is 0.375. The van der Waals surface area contributed by atoms with Crippen molar-refractivity contribution in [1.29, 1.82) is 0 Å². The lowest BCUT2D eigenvalue weighted by molar-refractivity contribution is -0.385. The molecule has 2 N–H and O–H groups in total. The van der Waals surface area contributed by atoms with Gasteiger partial charge in [0.15, 0.2) is 0 Å². The van der Waals surface area contributed by atoms with E-state index in [-0.39, 0.29) is 16.7 Å². The van der Waals surface area contributed by atoms with E-state index in [2.05, 4.69) is 19.2 Å². The Kier molecular flexibility index (Phi) is 5.92. The van der Waals surface area contributed by atoms with Gasteiger partial charge in [-0.25, -0.2) is 0 Å². The molecule has 0 aliphatic carbocycles. The minimum absolute atomic E-state index is 0.141. The lowest BCUT2D eigenvalue weighted by Crippen LogP contribution is -2.27. The van der Waals surface area contributed by atoms with Gasteiger partial charge in [0.25, 0.3) is 5.69 Å². The molecule has 0 aliphatic heterocycles. The van der Waals surface area contributed by atoms with Crippen LogP contribution in [0.25, 0.3) is 0 Å². The van der Waals surface area contributed by atoms with Crippen molar-refractivity contribution in [3.63, 3.8) is 0 Å². The molecule has 0 saturated carbocycles. The molecule has 1 unspecified atom stereocenters. The molecule has 19 heavy (non-hydrogen) atoms. The summed E-state index contributed by atoms with van der Waals surface area (Å²) in [4.78, 5) is 10.5. The highest BCUT2D eigenvalue weighted by Gasteiger charge is 2.13. The molecule has 1 rings (SSSR count). The largest absolute Gasteiger partial charge is 0.392 e. The minimum Gasteiger partial charge on any atom is -0.392 e. The van der Waals surface area contributed by atoms with Gasteiger partial charge in [-0.15, -0.1) is 0 Å². The van der Waals surface area contributed by atoms with E-state index in [9.17, 15) is 15.2 Å². The Balaban J connectivity index is 2.54. The van der Waals surface area contributed by atoms with Crippen LogP contribution in [0.15, 0.2) is 18.2 Å². The molecule has 5 heteroatoms. The summed E-state index contributed by atoms with van der Waals surface area (Å²) < 4.78 is 0. The number of hydrogen-bond acceptors (Lipinski definition) is 4. The zero-order chi connectivity index (χ0) is 14.4. The number of benzene rings is 1. The van der Waals surface area contributed by atoms with Gasteiger partial charge in [0.1, 0.15) is 0 Å². The Morgan fingerprint density at radius 2 is 2.11 bits per heavy atom. The second-order valence-electron chi connectivity index (χ2n) is 5.23. The molecular weight excluding hydrogens is 244 g/mol. The minimum atomic E-state index is -0.376. The molecule has 1 atom stereocenters. The molecule has 0 amide bonds.